The summed E-state index contributed by atoms with van der Waals surface area (Å²) in [5.41, 5.74) is 1.21. The fraction of sp³-hybridized carbons (Fsp3) is 0.357. The molecular formula is C14H17N3OS3. The van der Waals surface area contributed by atoms with Gasteiger partial charge >= 0.3 is 0 Å². The minimum Gasteiger partial charge on any atom is -0.300 e. The summed E-state index contributed by atoms with van der Waals surface area (Å²) < 4.78 is 0.881. The van der Waals surface area contributed by atoms with E-state index in [9.17, 15) is 4.79 Å². The molecule has 0 saturated heterocycles. The molecule has 7 heteroatoms. The number of rotatable bonds is 6. The molecule has 0 radical (unpaired) electrons. The lowest BCUT2D eigenvalue weighted by atomic mass is 10.2. The van der Waals surface area contributed by atoms with Crippen LogP contribution in [-0.4, -0.2) is 27.1 Å². The molecule has 0 aliphatic rings. The first-order valence-corrected chi connectivity index (χ1v) is 9.27. The van der Waals surface area contributed by atoms with Gasteiger partial charge in [-0.25, -0.2) is 0 Å². The van der Waals surface area contributed by atoms with Gasteiger partial charge < -0.3 is 0 Å². The van der Waals surface area contributed by atoms with Gasteiger partial charge in [-0.15, -0.1) is 22.0 Å². The molecule has 0 saturated carbocycles. The van der Waals surface area contributed by atoms with Crippen LogP contribution in [0.2, 0.25) is 0 Å². The predicted octanol–water partition coefficient (Wildman–Crippen LogP) is 4.08. The van der Waals surface area contributed by atoms with Gasteiger partial charge in [-0.1, -0.05) is 47.7 Å². The third kappa shape index (κ3) is 5.01. The standard InChI is InChI=1S/C14H17N3OS3/c1-4-19-14-17-16-13(21-14)15-12(18)10(3)20-11-7-5-9(2)6-8-11/h5-8,10H,4H2,1-3H3,(H,15,16,18). The minimum atomic E-state index is -0.182. The Morgan fingerprint density at radius 1 is 1.33 bits per heavy atom. The molecule has 1 N–H and O–H groups in total. The van der Waals surface area contributed by atoms with E-state index < -0.39 is 0 Å². The number of aromatic nitrogens is 2. The second-order valence-corrected chi connectivity index (χ2v) is 8.27. The zero-order valence-corrected chi connectivity index (χ0v) is 14.6. The summed E-state index contributed by atoms with van der Waals surface area (Å²) in [5.74, 6) is 0.896. The van der Waals surface area contributed by atoms with E-state index in [-0.39, 0.29) is 11.2 Å². The first-order valence-electron chi connectivity index (χ1n) is 6.59. The Bertz CT molecular complexity index is 598. The smallest absolute Gasteiger partial charge is 0.239 e. The van der Waals surface area contributed by atoms with Crippen molar-refractivity contribution < 1.29 is 4.79 Å². The van der Waals surface area contributed by atoms with Crippen LogP contribution in [0.25, 0.3) is 0 Å². The maximum absolute atomic E-state index is 12.2. The highest BCUT2D eigenvalue weighted by Gasteiger charge is 2.16. The van der Waals surface area contributed by atoms with Gasteiger partial charge in [-0.2, -0.15) is 0 Å². The molecule has 0 aliphatic heterocycles. The van der Waals surface area contributed by atoms with Crippen LogP contribution in [0.3, 0.4) is 0 Å². The Morgan fingerprint density at radius 3 is 2.71 bits per heavy atom. The van der Waals surface area contributed by atoms with Crippen molar-refractivity contribution in [3.63, 3.8) is 0 Å². The summed E-state index contributed by atoms with van der Waals surface area (Å²) in [4.78, 5) is 13.2. The Labute approximate surface area is 137 Å². The molecule has 2 rings (SSSR count). The van der Waals surface area contributed by atoms with E-state index in [0.717, 1.165) is 15.0 Å². The molecule has 0 aliphatic carbocycles. The maximum atomic E-state index is 12.2. The molecule has 1 atom stereocenters. The molecule has 1 aromatic heterocycles. The third-order valence-electron chi connectivity index (χ3n) is 2.61. The zero-order chi connectivity index (χ0) is 15.2. The normalized spacial score (nSPS) is 12.1. The highest BCUT2D eigenvalue weighted by molar-refractivity contribution is 8.01. The fourth-order valence-corrected chi connectivity index (χ4v) is 4.04. The number of aryl methyl sites for hydroxylation is 1. The number of nitrogens with one attached hydrogen (secondary N) is 1. The van der Waals surface area contributed by atoms with Crippen LogP contribution in [0.5, 0.6) is 0 Å². The Hall–Kier alpha value is -1.05. The predicted molar refractivity (Wildman–Crippen MR) is 91.4 cm³/mol. The number of benzene rings is 1. The number of anilines is 1. The van der Waals surface area contributed by atoms with Gasteiger partial charge in [-0.05, 0) is 31.7 Å². The largest absolute Gasteiger partial charge is 0.300 e. The molecule has 1 unspecified atom stereocenters. The van der Waals surface area contributed by atoms with Crippen LogP contribution in [0.4, 0.5) is 5.13 Å². The van der Waals surface area contributed by atoms with Crippen molar-refractivity contribution in [3.05, 3.63) is 29.8 Å². The number of hydrogen-bond donors (Lipinski definition) is 1. The first-order chi connectivity index (χ1) is 10.1. The monoisotopic (exact) mass is 339 g/mol. The highest BCUT2D eigenvalue weighted by Crippen LogP contribution is 2.27. The summed E-state index contributed by atoms with van der Waals surface area (Å²) in [6.45, 7) is 6.00. The summed E-state index contributed by atoms with van der Waals surface area (Å²) in [7, 11) is 0. The Morgan fingerprint density at radius 2 is 2.05 bits per heavy atom. The second kappa shape index (κ2) is 7.82. The van der Waals surface area contributed by atoms with Crippen LogP contribution in [0, 0.1) is 6.92 Å². The first kappa shape index (κ1) is 16.3. The molecule has 2 aromatic rings. The highest BCUT2D eigenvalue weighted by atomic mass is 32.2. The molecular weight excluding hydrogens is 322 g/mol. The number of hydrogen-bond acceptors (Lipinski definition) is 6. The minimum absolute atomic E-state index is 0.0511. The fourth-order valence-electron chi connectivity index (χ4n) is 1.52. The lowest BCUT2D eigenvalue weighted by Gasteiger charge is -2.10. The summed E-state index contributed by atoms with van der Waals surface area (Å²) in [6, 6.07) is 8.16. The van der Waals surface area contributed by atoms with E-state index in [1.807, 2.05) is 38.1 Å². The molecule has 1 amide bonds. The van der Waals surface area contributed by atoms with Crippen molar-refractivity contribution in [2.45, 2.75) is 35.3 Å². The average Bonchev–Trinajstić information content (AvgIpc) is 2.89. The Kier molecular flexibility index (Phi) is 6.08. The van der Waals surface area contributed by atoms with Gasteiger partial charge in [0.1, 0.15) is 0 Å². The van der Waals surface area contributed by atoms with E-state index in [0.29, 0.717) is 5.13 Å². The quantitative estimate of drug-likeness (QED) is 0.635. The zero-order valence-electron chi connectivity index (χ0n) is 12.1. The van der Waals surface area contributed by atoms with Crippen molar-refractivity contribution in [2.24, 2.45) is 0 Å². The number of thioether (sulfide) groups is 2. The van der Waals surface area contributed by atoms with Gasteiger partial charge in [0.15, 0.2) is 4.34 Å². The number of amides is 1. The van der Waals surface area contributed by atoms with Crippen LogP contribution in [-0.2, 0) is 4.79 Å². The number of carbonyl (C=O) groups is 1. The van der Waals surface area contributed by atoms with E-state index in [1.54, 1.807) is 11.8 Å². The summed E-state index contributed by atoms with van der Waals surface area (Å²) in [6.07, 6.45) is 0. The molecule has 1 heterocycles. The topological polar surface area (TPSA) is 54.9 Å². The van der Waals surface area contributed by atoms with Gasteiger partial charge in [0.05, 0.1) is 5.25 Å². The van der Waals surface area contributed by atoms with Crippen molar-refractivity contribution in [1.29, 1.82) is 0 Å². The molecule has 1 aromatic carbocycles. The van der Waals surface area contributed by atoms with E-state index in [4.69, 9.17) is 0 Å². The van der Waals surface area contributed by atoms with Gasteiger partial charge in [0.2, 0.25) is 11.0 Å². The van der Waals surface area contributed by atoms with Crippen molar-refractivity contribution >= 4 is 45.9 Å². The SMILES string of the molecule is CCSc1nnc(NC(=O)C(C)Sc2ccc(C)cc2)s1. The molecule has 0 spiro atoms. The van der Waals surface area contributed by atoms with Crippen molar-refractivity contribution in [2.75, 3.05) is 11.1 Å². The van der Waals surface area contributed by atoms with Crippen LogP contribution in [0.1, 0.15) is 19.4 Å². The van der Waals surface area contributed by atoms with Gasteiger partial charge in [-0.3, -0.25) is 10.1 Å². The van der Waals surface area contributed by atoms with E-state index in [2.05, 4.69) is 22.4 Å². The van der Waals surface area contributed by atoms with Crippen molar-refractivity contribution in [1.82, 2.24) is 10.2 Å². The molecule has 112 valence electrons. The molecule has 0 bridgehead atoms. The van der Waals surface area contributed by atoms with Gasteiger partial charge in [0, 0.05) is 4.90 Å². The molecule has 21 heavy (non-hydrogen) atoms. The molecule has 4 nitrogen and oxygen atoms in total. The van der Waals surface area contributed by atoms with Crippen LogP contribution >= 0.6 is 34.9 Å². The number of nitrogens with zero attached hydrogens (tertiary/aromatic N) is 2. The average molecular weight is 340 g/mol. The lowest BCUT2D eigenvalue weighted by Crippen LogP contribution is -2.22. The summed E-state index contributed by atoms with van der Waals surface area (Å²) >= 11 is 4.57. The maximum Gasteiger partial charge on any atom is 0.239 e. The third-order valence-corrected chi connectivity index (χ3v) is 5.57. The molecule has 0 fully saturated rings. The summed E-state index contributed by atoms with van der Waals surface area (Å²) in [5, 5.41) is 11.2. The number of carbonyl (C=O) groups excluding carboxylic acids is 1. The lowest BCUT2D eigenvalue weighted by molar-refractivity contribution is -0.115. The van der Waals surface area contributed by atoms with E-state index >= 15 is 0 Å². The van der Waals surface area contributed by atoms with Crippen molar-refractivity contribution in [3.8, 4) is 0 Å². The van der Waals surface area contributed by atoms with Crippen LogP contribution in [0.15, 0.2) is 33.5 Å². The van der Waals surface area contributed by atoms with E-state index in [1.165, 1.54) is 28.7 Å². The van der Waals surface area contributed by atoms with Gasteiger partial charge in [0.25, 0.3) is 0 Å². The van der Waals surface area contributed by atoms with Crippen LogP contribution < -0.4 is 5.32 Å². The second-order valence-electron chi connectivity index (χ2n) is 4.37. The Balaban J connectivity index is 1.90.